The smallest absolute Gasteiger partial charge is 0.408 e. The van der Waals surface area contributed by atoms with E-state index in [0.717, 1.165) is 5.56 Å². The van der Waals surface area contributed by atoms with Gasteiger partial charge in [0.15, 0.2) is 6.10 Å². The molecule has 23 heavy (non-hydrogen) atoms. The van der Waals surface area contributed by atoms with Crippen LogP contribution >= 0.6 is 0 Å². The van der Waals surface area contributed by atoms with Crippen molar-refractivity contribution in [2.45, 2.75) is 59.8 Å². The van der Waals surface area contributed by atoms with Gasteiger partial charge in [0, 0.05) is 0 Å². The molecule has 0 aromatic heterocycles. The average molecular weight is 319 g/mol. The molecule has 0 spiro atoms. The van der Waals surface area contributed by atoms with Gasteiger partial charge in [-0.2, -0.15) is 0 Å². The lowest BCUT2D eigenvalue weighted by molar-refractivity contribution is -0.0666. The topological polar surface area (TPSA) is 47.6 Å². The van der Waals surface area contributed by atoms with Crippen molar-refractivity contribution in [3.8, 4) is 0 Å². The van der Waals surface area contributed by atoms with Crippen molar-refractivity contribution in [3.63, 3.8) is 0 Å². The molecule has 1 atom stereocenters. The third-order valence-electron chi connectivity index (χ3n) is 4.78. The predicted octanol–water partition coefficient (Wildman–Crippen LogP) is 4.14. The van der Waals surface area contributed by atoms with Gasteiger partial charge in [-0.1, -0.05) is 71.9 Å². The lowest BCUT2D eigenvalue weighted by atomic mass is 9.58. The van der Waals surface area contributed by atoms with Crippen molar-refractivity contribution >= 4 is 6.09 Å². The van der Waals surface area contributed by atoms with Crippen molar-refractivity contribution < 1.29 is 14.3 Å². The fourth-order valence-electron chi connectivity index (χ4n) is 3.97. The maximum Gasteiger partial charge on any atom is 0.408 e. The molecule has 1 saturated heterocycles. The number of alkyl carbamates (subject to hydrolysis) is 1. The molecule has 0 bridgehead atoms. The number of nitrogens with one attached hydrogen (secondary N) is 1. The van der Waals surface area contributed by atoms with Crippen LogP contribution < -0.4 is 5.32 Å². The highest BCUT2D eigenvalue weighted by molar-refractivity contribution is 5.72. The molecule has 1 heterocycles. The van der Waals surface area contributed by atoms with Crippen LogP contribution in [0.1, 0.15) is 47.1 Å². The van der Waals surface area contributed by atoms with Gasteiger partial charge in [0.25, 0.3) is 0 Å². The van der Waals surface area contributed by atoms with Crippen LogP contribution in [0.25, 0.3) is 0 Å². The van der Waals surface area contributed by atoms with Crippen LogP contribution in [-0.2, 0) is 16.1 Å². The molecule has 1 aliphatic rings. The minimum Gasteiger partial charge on any atom is -0.441 e. The van der Waals surface area contributed by atoms with Gasteiger partial charge in [-0.15, -0.1) is 0 Å². The van der Waals surface area contributed by atoms with Crippen molar-refractivity contribution in [1.82, 2.24) is 5.32 Å². The molecule has 4 nitrogen and oxygen atoms in total. The van der Waals surface area contributed by atoms with E-state index in [4.69, 9.17) is 9.47 Å². The largest absolute Gasteiger partial charge is 0.441 e. The summed E-state index contributed by atoms with van der Waals surface area (Å²) in [6.45, 7) is 13.7. The molecule has 1 N–H and O–H groups in total. The quantitative estimate of drug-likeness (QED) is 0.907. The number of cyclic esters (lactones) is 1. The molecule has 0 radical (unpaired) electrons. The Kier molecular flexibility index (Phi) is 4.76. The minimum absolute atomic E-state index is 0.168. The number of rotatable bonds is 4. The summed E-state index contributed by atoms with van der Waals surface area (Å²) in [5, 5.41) is 3.10. The Hall–Kier alpha value is -1.55. The highest BCUT2D eigenvalue weighted by Crippen LogP contribution is 2.49. The molecule has 128 valence electrons. The Balaban J connectivity index is 2.16. The van der Waals surface area contributed by atoms with E-state index in [0.29, 0.717) is 13.2 Å². The third kappa shape index (κ3) is 3.37. The molecule has 4 heteroatoms. The van der Waals surface area contributed by atoms with Gasteiger partial charge in [0.2, 0.25) is 0 Å². The van der Waals surface area contributed by atoms with Gasteiger partial charge >= 0.3 is 6.09 Å². The normalized spacial score (nSPS) is 21.0. The second kappa shape index (κ2) is 6.16. The molecule has 1 aromatic rings. The summed E-state index contributed by atoms with van der Waals surface area (Å²) >= 11 is 0. The number of carbonyl (C=O) groups excluding carboxylic acids is 1. The van der Waals surface area contributed by atoms with Gasteiger partial charge in [-0.05, 0) is 16.4 Å². The maximum absolute atomic E-state index is 12.0. The first-order valence-electron chi connectivity index (χ1n) is 8.18. The summed E-state index contributed by atoms with van der Waals surface area (Å²) in [5.74, 6) is 0. The molecule has 1 fully saturated rings. The second-order valence-electron chi connectivity index (χ2n) is 8.33. The number of ether oxygens (including phenoxy) is 2. The Morgan fingerprint density at radius 1 is 1.09 bits per heavy atom. The summed E-state index contributed by atoms with van der Waals surface area (Å²) in [5.41, 5.74) is 0.284. The molecule has 0 unspecified atom stereocenters. The molecule has 1 aliphatic heterocycles. The van der Waals surface area contributed by atoms with E-state index in [-0.39, 0.29) is 23.0 Å². The summed E-state index contributed by atoms with van der Waals surface area (Å²) in [4.78, 5) is 12.0. The molecule has 1 amide bonds. The van der Waals surface area contributed by atoms with Crippen molar-refractivity contribution in [2.75, 3.05) is 6.61 Å². The Morgan fingerprint density at radius 3 is 2.17 bits per heavy atom. The summed E-state index contributed by atoms with van der Waals surface area (Å²) in [6, 6.07) is 10.0. The van der Waals surface area contributed by atoms with Crippen molar-refractivity contribution in [2.24, 2.45) is 10.8 Å². The highest BCUT2D eigenvalue weighted by Gasteiger charge is 2.62. The first-order chi connectivity index (χ1) is 10.6. The number of hydrogen-bond donors (Lipinski definition) is 1. The fraction of sp³-hybridized carbons (Fsp3) is 0.632. The lowest BCUT2D eigenvalue weighted by Gasteiger charge is -2.52. The summed E-state index contributed by atoms with van der Waals surface area (Å²) < 4.78 is 11.5. The van der Waals surface area contributed by atoms with Gasteiger partial charge < -0.3 is 14.8 Å². The zero-order chi connectivity index (χ0) is 17.3. The first kappa shape index (κ1) is 17.8. The van der Waals surface area contributed by atoms with Crippen molar-refractivity contribution in [1.29, 1.82) is 0 Å². The van der Waals surface area contributed by atoms with E-state index >= 15 is 0 Å². The van der Waals surface area contributed by atoms with E-state index in [1.54, 1.807) is 0 Å². The van der Waals surface area contributed by atoms with Crippen LogP contribution in [0, 0.1) is 10.8 Å². The van der Waals surface area contributed by atoms with E-state index in [9.17, 15) is 4.79 Å². The summed E-state index contributed by atoms with van der Waals surface area (Å²) in [6.07, 6.45) is -0.679. The van der Waals surface area contributed by atoms with Gasteiger partial charge in [-0.25, -0.2) is 4.79 Å². The molecule has 0 saturated carbocycles. The highest BCUT2D eigenvalue weighted by atomic mass is 16.6. The van der Waals surface area contributed by atoms with Crippen LogP contribution in [0.15, 0.2) is 30.3 Å². The monoisotopic (exact) mass is 319 g/mol. The average Bonchev–Trinajstić information content (AvgIpc) is 2.77. The second-order valence-corrected chi connectivity index (χ2v) is 8.33. The molecular weight excluding hydrogens is 290 g/mol. The van der Waals surface area contributed by atoms with E-state index < -0.39 is 5.54 Å². The maximum atomic E-state index is 12.0. The number of carbonyl (C=O) groups is 1. The van der Waals surface area contributed by atoms with Crippen LogP contribution in [0.3, 0.4) is 0 Å². The molecule has 2 rings (SSSR count). The van der Waals surface area contributed by atoms with Crippen LogP contribution in [-0.4, -0.2) is 24.3 Å². The number of amides is 1. The zero-order valence-corrected chi connectivity index (χ0v) is 15.1. The molecule has 0 aliphatic carbocycles. The Bertz CT molecular complexity index is 526. The Morgan fingerprint density at radius 2 is 1.65 bits per heavy atom. The standard InChI is InChI=1S/C19H29NO3/c1-17(2,3)19(18(4,5)6)15(23-16(21)20-19)13-22-12-14-10-8-7-9-11-14/h7-11,15H,12-13H2,1-6H3,(H,20,21)/t15-/m1/s1. The zero-order valence-electron chi connectivity index (χ0n) is 15.1. The fourth-order valence-corrected chi connectivity index (χ4v) is 3.97. The van der Waals surface area contributed by atoms with E-state index in [1.807, 2.05) is 30.3 Å². The number of benzene rings is 1. The summed E-state index contributed by atoms with van der Waals surface area (Å²) in [7, 11) is 0. The van der Waals surface area contributed by atoms with Gasteiger partial charge in [0.05, 0.1) is 18.8 Å². The SMILES string of the molecule is CC(C)(C)C1(C(C)(C)C)NC(=O)O[C@@H]1COCc1ccccc1. The lowest BCUT2D eigenvalue weighted by Crippen LogP contribution is -2.66. The molecular formula is C19H29NO3. The first-order valence-corrected chi connectivity index (χ1v) is 8.18. The van der Waals surface area contributed by atoms with Crippen molar-refractivity contribution in [3.05, 3.63) is 35.9 Å². The predicted molar refractivity (Wildman–Crippen MR) is 91.1 cm³/mol. The van der Waals surface area contributed by atoms with Gasteiger partial charge in [-0.3, -0.25) is 0 Å². The van der Waals surface area contributed by atoms with Gasteiger partial charge in [0.1, 0.15) is 0 Å². The van der Waals surface area contributed by atoms with Crippen LogP contribution in [0.2, 0.25) is 0 Å². The number of hydrogen-bond acceptors (Lipinski definition) is 3. The third-order valence-corrected chi connectivity index (χ3v) is 4.78. The molecule has 1 aromatic carbocycles. The Labute approximate surface area is 139 Å². The van der Waals surface area contributed by atoms with Crippen LogP contribution in [0.4, 0.5) is 4.79 Å². The minimum atomic E-state index is -0.492. The van der Waals surface area contributed by atoms with Crippen LogP contribution in [0.5, 0.6) is 0 Å². The van der Waals surface area contributed by atoms with E-state index in [1.165, 1.54) is 0 Å². The van der Waals surface area contributed by atoms with E-state index in [2.05, 4.69) is 46.9 Å².